The van der Waals surface area contributed by atoms with E-state index >= 15 is 0 Å². The van der Waals surface area contributed by atoms with E-state index in [1.165, 1.54) is 11.5 Å². The average Bonchev–Trinajstić information content (AvgIpc) is 3.09. The van der Waals surface area contributed by atoms with Crippen LogP contribution in [-0.2, 0) is 6.54 Å². The fourth-order valence-corrected chi connectivity index (χ4v) is 3.18. The number of hydrogen-bond donors (Lipinski definition) is 2. The number of aromatic nitrogens is 3. The monoisotopic (exact) mass is 334 g/mol. The third-order valence-electron chi connectivity index (χ3n) is 3.72. The summed E-state index contributed by atoms with van der Waals surface area (Å²) in [5, 5.41) is 5.02. The fraction of sp³-hybridized carbons (Fsp3) is 0.0556. The summed E-state index contributed by atoms with van der Waals surface area (Å²) in [6.07, 6.45) is 0. The lowest BCUT2D eigenvalue weighted by molar-refractivity contribution is 1.13. The van der Waals surface area contributed by atoms with Crippen LogP contribution < -0.4 is 10.9 Å². The molecule has 4 aromatic rings. The van der Waals surface area contributed by atoms with Gasteiger partial charge in [-0.05, 0) is 11.6 Å². The second-order valence-electron chi connectivity index (χ2n) is 5.35. The first-order valence-electron chi connectivity index (χ1n) is 7.53. The van der Waals surface area contributed by atoms with Crippen molar-refractivity contribution in [2.45, 2.75) is 6.54 Å². The highest BCUT2D eigenvalue weighted by atomic mass is 32.1. The molecule has 0 saturated heterocycles. The SMILES string of the molecule is O=c1cc(CNc2nc(-c3ccccc3)ns2)c2ccccc2[nH]1. The lowest BCUT2D eigenvalue weighted by Crippen LogP contribution is -2.09. The summed E-state index contributed by atoms with van der Waals surface area (Å²) >= 11 is 1.32. The quantitative estimate of drug-likeness (QED) is 0.597. The molecule has 0 fully saturated rings. The molecule has 0 aliphatic heterocycles. The minimum atomic E-state index is -0.104. The largest absolute Gasteiger partial charge is 0.356 e. The van der Waals surface area contributed by atoms with Crippen molar-refractivity contribution in [2.24, 2.45) is 0 Å². The summed E-state index contributed by atoms with van der Waals surface area (Å²) in [5.74, 6) is 0.707. The molecule has 2 aromatic heterocycles. The van der Waals surface area contributed by atoms with Gasteiger partial charge in [0.05, 0.1) is 0 Å². The van der Waals surface area contributed by atoms with Crippen molar-refractivity contribution >= 4 is 27.6 Å². The minimum Gasteiger partial charge on any atom is -0.356 e. The van der Waals surface area contributed by atoms with Gasteiger partial charge in [0.1, 0.15) is 0 Å². The average molecular weight is 334 g/mol. The highest BCUT2D eigenvalue weighted by Gasteiger charge is 2.07. The van der Waals surface area contributed by atoms with Gasteiger partial charge >= 0.3 is 0 Å². The van der Waals surface area contributed by atoms with Gasteiger partial charge in [0.2, 0.25) is 10.7 Å². The first kappa shape index (κ1) is 14.6. The van der Waals surface area contributed by atoms with Crippen molar-refractivity contribution in [1.29, 1.82) is 0 Å². The summed E-state index contributed by atoms with van der Waals surface area (Å²) in [7, 11) is 0. The number of H-pyrrole nitrogens is 1. The molecule has 5 nitrogen and oxygen atoms in total. The molecule has 4 rings (SSSR count). The van der Waals surface area contributed by atoms with E-state index in [0.29, 0.717) is 12.4 Å². The zero-order chi connectivity index (χ0) is 16.4. The highest BCUT2D eigenvalue weighted by molar-refractivity contribution is 7.09. The second kappa shape index (κ2) is 6.25. The molecule has 0 aliphatic rings. The van der Waals surface area contributed by atoms with Crippen LogP contribution in [0.1, 0.15) is 5.56 Å². The summed E-state index contributed by atoms with van der Waals surface area (Å²) in [4.78, 5) is 19.1. The van der Waals surface area contributed by atoms with E-state index in [0.717, 1.165) is 27.2 Å². The Morgan fingerprint density at radius 2 is 1.83 bits per heavy atom. The topological polar surface area (TPSA) is 70.7 Å². The van der Waals surface area contributed by atoms with Crippen molar-refractivity contribution < 1.29 is 0 Å². The smallest absolute Gasteiger partial charge is 0.248 e. The van der Waals surface area contributed by atoms with Gasteiger partial charge in [-0.1, -0.05) is 48.5 Å². The number of benzene rings is 2. The third kappa shape index (κ3) is 2.91. The zero-order valence-corrected chi connectivity index (χ0v) is 13.5. The number of anilines is 1. The van der Waals surface area contributed by atoms with Gasteiger partial charge < -0.3 is 10.3 Å². The first-order chi connectivity index (χ1) is 11.8. The maximum atomic E-state index is 11.8. The van der Waals surface area contributed by atoms with Crippen molar-refractivity contribution in [3.05, 3.63) is 76.6 Å². The van der Waals surface area contributed by atoms with E-state index in [1.807, 2.05) is 54.6 Å². The Labute approximate surface area is 142 Å². The maximum absolute atomic E-state index is 11.8. The van der Waals surface area contributed by atoms with Crippen LogP contribution in [0.4, 0.5) is 5.13 Å². The number of para-hydroxylation sites is 1. The van der Waals surface area contributed by atoms with E-state index in [4.69, 9.17) is 0 Å². The van der Waals surface area contributed by atoms with Gasteiger partial charge in [0.25, 0.3) is 0 Å². The molecular formula is C18H14N4OS. The molecule has 6 heteroatoms. The van der Waals surface area contributed by atoms with E-state index in [9.17, 15) is 4.79 Å². The van der Waals surface area contributed by atoms with Gasteiger partial charge in [-0.15, -0.1) is 0 Å². The number of aromatic amines is 1. The molecule has 0 saturated carbocycles. The minimum absolute atomic E-state index is 0.104. The molecule has 0 bridgehead atoms. The van der Waals surface area contributed by atoms with Gasteiger partial charge in [-0.3, -0.25) is 4.79 Å². The number of nitrogens with zero attached hydrogens (tertiary/aromatic N) is 2. The predicted octanol–water partition coefficient (Wildman–Crippen LogP) is 3.66. The molecule has 0 atom stereocenters. The summed E-state index contributed by atoms with van der Waals surface area (Å²) in [6.45, 7) is 0.522. The molecule has 0 radical (unpaired) electrons. The molecule has 0 unspecified atom stereocenters. The Morgan fingerprint density at radius 1 is 1.04 bits per heavy atom. The first-order valence-corrected chi connectivity index (χ1v) is 8.31. The van der Waals surface area contributed by atoms with Crippen LogP contribution in [0.3, 0.4) is 0 Å². The predicted molar refractivity (Wildman–Crippen MR) is 97.2 cm³/mol. The van der Waals surface area contributed by atoms with Crippen molar-refractivity contribution in [3.8, 4) is 11.4 Å². The third-order valence-corrected chi connectivity index (χ3v) is 4.40. The lowest BCUT2D eigenvalue weighted by Gasteiger charge is -2.06. The molecule has 0 aliphatic carbocycles. The number of hydrogen-bond acceptors (Lipinski definition) is 5. The highest BCUT2D eigenvalue weighted by Crippen LogP contribution is 2.22. The van der Waals surface area contributed by atoms with Crippen LogP contribution in [0, 0.1) is 0 Å². The van der Waals surface area contributed by atoms with Crippen molar-refractivity contribution in [3.63, 3.8) is 0 Å². The van der Waals surface area contributed by atoms with E-state index in [1.54, 1.807) is 6.07 Å². The number of pyridine rings is 1. The molecule has 24 heavy (non-hydrogen) atoms. The molecule has 2 N–H and O–H groups in total. The van der Waals surface area contributed by atoms with Crippen LogP contribution in [-0.4, -0.2) is 14.3 Å². The van der Waals surface area contributed by atoms with Crippen LogP contribution in [0.25, 0.3) is 22.3 Å². The number of nitrogens with one attached hydrogen (secondary N) is 2. The fourth-order valence-electron chi connectivity index (χ4n) is 2.59. The van der Waals surface area contributed by atoms with Gasteiger partial charge in [-0.25, -0.2) is 0 Å². The molecule has 118 valence electrons. The Hall–Kier alpha value is -2.99. The second-order valence-corrected chi connectivity index (χ2v) is 6.10. The van der Waals surface area contributed by atoms with Gasteiger partial charge in [0, 0.05) is 40.6 Å². The van der Waals surface area contributed by atoms with Gasteiger partial charge in [0.15, 0.2) is 5.82 Å². The number of fused-ring (bicyclic) bond motifs is 1. The number of rotatable bonds is 4. The van der Waals surface area contributed by atoms with E-state index in [2.05, 4.69) is 19.7 Å². The Balaban J connectivity index is 1.58. The zero-order valence-electron chi connectivity index (χ0n) is 12.7. The van der Waals surface area contributed by atoms with Crippen LogP contribution in [0.5, 0.6) is 0 Å². The summed E-state index contributed by atoms with van der Waals surface area (Å²) < 4.78 is 4.38. The van der Waals surface area contributed by atoms with E-state index < -0.39 is 0 Å². The maximum Gasteiger partial charge on any atom is 0.248 e. The van der Waals surface area contributed by atoms with Crippen LogP contribution in [0.15, 0.2) is 65.5 Å². The van der Waals surface area contributed by atoms with Crippen LogP contribution in [0.2, 0.25) is 0 Å². The Morgan fingerprint density at radius 3 is 2.71 bits per heavy atom. The summed E-state index contributed by atoms with van der Waals surface area (Å²) in [5.41, 5.74) is 2.66. The van der Waals surface area contributed by atoms with Crippen molar-refractivity contribution in [1.82, 2.24) is 14.3 Å². The summed E-state index contributed by atoms with van der Waals surface area (Å²) in [6, 6.07) is 19.2. The van der Waals surface area contributed by atoms with E-state index in [-0.39, 0.29) is 5.56 Å². The molecular weight excluding hydrogens is 320 g/mol. The molecule has 2 heterocycles. The molecule has 0 amide bonds. The van der Waals surface area contributed by atoms with Gasteiger partial charge in [-0.2, -0.15) is 9.36 Å². The van der Waals surface area contributed by atoms with Crippen LogP contribution >= 0.6 is 11.5 Å². The Kier molecular flexibility index (Phi) is 3.80. The molecule has 2 aromatic carbocycles. The lowest BCUT2D eigenvalue weighted by atomic mass is 10.1. The standard InChI is InChI=1S/C18H14N4OS/c23-16-10-13(14-8-4-5-9-15(14)20-16)11-19-18-21-17(22-24-18)12-6-2-1-3-7-12/h1-10H,11H2,(H,20,23)(H,19,21,22). The Bertz CT molecular complexity index is 1040. The normalized spacial score (nSPS) is 10.8. The molecule has 0 spiro atoms. The van der Waals surface area contributed by atoms with Crippen molar-refractivity contribution in [2.75, 3.05) is 5.32 Å².